The molecule has 4 nitrogen and oxygen atoms in total. The van der Waals surface area contributed by atoms with Crippen molar-refractivity contribution in [2.45, 2.75) is 32.7 Å². The molecule has 0 atom stereocenters. The molecule has 26 heavy (non-hydrogen) atoms. The number of halogens is 1. The van der Waals surface area contributed by atoms with E-state index in [4.69, 9.17) is 0 Å². The Balaban J connectivity index is 1.45. The van der Waals surface area contributed by atoms with Crippen LogP contribution in [0.15, 0.2) is 61.2 Å². The van der Waals surface area contributed by atoms with Crippen LogP contribution in [0.5, 0.6) is 0 Å². The van der Waals surface area contributed by atoms with Crippen molar-refractivity contribution >= 4 is 5.91 Å². The fourth-order valence-electron chi connectivity index (χ4n) is 2.77. The molecule has 3 aromatic rings. The molecule has 0 bridgehead atoms. The number of rotatable bonds is 7. The van der Waals surface area contributed by atoms with Gasteiger partial charge in [0.2, 0.25) is 5.91 Å². The number of hydrogen-bond acceptors (Lipinski definition) is 2. The lowest BCUT2D eigenvalue weighted by Crippen LogP contribution is -2.22. The normalized spacial score (nSPS) is 10.7. The van der Waals surface area contributed by atoms with Gasteiger partial charge in [0.1, 0.15) is 5.82 Å². The zero-order valence-corrected chi connectivity index (χ0v) is 14.8. The molecule has 0 unspecified atom stereocenters. The maximum absolute atomic E-state index is 14.2. The minimum Gasteiger partial charge on any atom is -0.352 e. The van der Waals surface area contributed by atoms with E-state index in [-0.39, 0.29) is 11.7 Å². The summed E-state index contributed by atoms with van der Waals surface area (Å²) in [6.07, 6.45) is 6.97. The van der Waals surface area contributed by atoms with Crippen LogP contribution in [0.1, 0.15) is 29.5 Å². The summed E-state index contributed by atoms with van der Waals surface area (Å²) in [5.74, 6) is -0.356. The molecule has 0 aliphatic rings. The topological polar surface area (TPSA) is 46.9 Å². The predicted molar refractivity (Wildman–Crippen MR) is 99.5 cm³/mol. The number of aryl methyl sites for hydroxylation is 2. The average Bonchev–Trinajstić information content (AvgIpc) is 3.16. The Bertz CT molecular complexity index is 857. The van der Waals surface area contributed by atoms with Crippen molar-refractivity contribution in [3.05, 3.63) is 83.7 Å². The summed E-state index contributed by atoms with van der Waals surface area (Å²) in [7, 11) is 0. The second-order valence-electron chi connectivity index (χ2n) is 6.37. The van der Waals surface area contributed by atoms with Gasteiger partial charge in [-0.25, -0.2) is 9.37 Å². The highest BCUT2D eigenvalue weighted by atomic mass is 19.1. The molecule has 0 fully saturated rings. The standard InChI is InChI=1S/C21H22FN3O/c1-16-5-7-17(8-6-16)3-2-4-21(26)24-14-18-9-10-20(19(22)13-18)25-12-11-23-15-25/h5-13,15H,2-4,14H2,1H3,(H,24,26). The van der Waals surface area contributed by atoms with Crippen LogP contribution in [0.4, 0.5) is 4.39 Å². The van der Waals surface area contributed by atoms with Crippen LogP contribution in [0.2, 0.25) is 0 Å². The third-order valence-corrected chi connectivity index (χ3v) is 4.27. The molecule has 2 aromatic carbocycles. The molecule has 1 aromatic heterocycles. The second kappa shape index (κ2) is 8.43. The minimum absolute atomic E-state index is 0.0174. The number of aromatic nitrogens is 2. The van der Waals surface area contributed by atoms with Gasteiger partial charge in [-0.15, -0.1) is 0 Å². The molecule has 0 aliphatic carbocycles. The van der Waals surface area contributed by atoms with Gasteiger partial charge in [-0.2, -0.15) is 0 Å². The summed E-state index contributed by atoms with van der Waals surface area (Å²) in [6.45, 7) is 2.38. The van der Waals surface area contributed by atoms with Gasteiger partial charge in [0.25, 0.3) is 0 Å². The molecule has 134 valence electrons. The first-order valence-corrected chi connectivity index (χ1v) is 8.71. The summed E-state index contributed by atoms with van der Waals surface area (Å²) in [5.41, 5.74) is 3.65. The molecule has 1 heterocycles. The van der Waals surface area contributed by atoms with Crippen molar-refractivity contribution in [3.8, 4) is 5.69 Å². The lowest BCUT2D eigenvalue weighted by molar-refractivity contribution is -0.121. The van der Waals surface area contributed by atoms with Crippen LogP contribution in [-0.4, -0.2) is 15.5 Å². The Labute approximate surface area is 152 Å². The Morgan fingerprint density at radius 3 is 2.62 bits per heavy atom. The van der Waals surface area contributed by atoms with E-state index in [0.717, 1.165) is 18.4 Å². The number of amides is 1. The lowest BCUT2D eigenvalue weighted by Gasteiger charge is -2.08. The smallest absolute Gasteiger partial charge is 0.220 e. The average molecular weight is 351 g/mol. The lowest BCUT2D eigenvalue weighted by atomic mass is 10.1. The van der Waals surface area contributed by atoms with Gasteiger partial charge in [-0.1, -0.05) is 35.9 Å². The molecule has 0 saturated carbocycles. The SMILES string of the molecule is Cc1ccc(CCCC(=O)NCc2ccc(-n3ccnc3)c(F)c2)cc1. The molecule has 0 saturated heterocycles. The van der Waals surface area contributed by atoms with Gasteiger partial charge in [-0.05, 0) is 43.0 Å². The highest BCUT2D eigenvalue weighted by Crippen LogP contribution is 2.15. The van der Waals surface area contributed by atoms with Crippen LogP contribution >= 0.6 is 0 Å². The Hall–Kier alpha value is -2.95. The molecular formula is C21H22FN3O. The summed E-state index contributed by atoms with van der Waals surface area (Å²) >= 11 is 0. The zero-order chi connectivity index (χ0) is 18.4. The van der Waals surface area contributed by atoms with E-state index in [2.05, 4.69) is 41.5 Å². The monoisotopic (exact) mass is 351 g/mol. The van der Waals surface area contributed by atoms with Crippen molar-refractivity contribution in [1.29, 1.82) is 0 Å². The van der Waals surface area contributed by atoms with Gasteiger partial charge in [0.05, 0.1) is 12.0 Å². The number of nitrogens with zero attached hydrogens (tertiary/aromatic N) is 2. The van der Waals surface area contributed by atoms with Crippen molar-refractivity contribution in [3.63, 3.8) is 0 Å². The van der Waals surface area contributed by atoms with Crippen molar-refractivity contribution in [1.82, 2.24) is 14.9 Å². The van der Waals surface area contributed by atoms with Crippen LogP contribution in [0.25, 0.3) is 5.69 Å². The predicted octanol–water partition coefficient (Wildman–Crippen LogP) is 3.96. The number of carbonyl (C=O) groups is 1. The first-order valence-electron chi connectivity index (χ1n) is 8.71. The molecule has 1 N–H and O–H groups in total. The fourth-order valence-corrected chi connectivity index (χ4v) is 2.77. The Kier molecular flexibility index (Phi) is 5.79. The quantitative estimate of drug-likeness (QED) is 0.700. The first kappa shape index (κ1) is 17.9. The minimum atomic E-state index is -0.339. The van der Waals surface area contributed by atoms with Crippen LogP contribution in [0, 0.1) is 12.7 Å². The molecule has 0 radical (unpaired) electrons. The van der Waals surface area contributed by atoms with Crippen molar-refractivity contribution in [2.24, 2.45) is 0 Å². The second-order valence-corrected chi connectivity index (χ2v) is 6.37. The van der Waals surface area contributed by atoms with E-state index >= 15 is 0 Å². The van der Waals surface area contributed by atoms with E-state index in [0.29, 0.717) is 18.7 Å². The van der Waals surface area contributed by atoms with E-state index in [1.54, 1.807) is 29.4 Å². The highest BCUT2D eigenvalue weighted by Gasteiger charge is 2.07. The molecule has 0 aliphatic heterocycles. The van der Waals surface area contributed by atoms with Crippen LogP contribution < -0.4 is 5.32 Å². The molecule has 0 spiro atoms. The maximum atomic E-state index is 14.2. The maximum Gasteiger partial charge on any atom is 0.220 e. The number of imidazole rings is 1. The van der Waals surface area contributed by atoms with Gasteiger partial charge >= 0.3 is 0 Å². The molecule has 5 heteroatoms. The fraction of sp³-hybridized carbons (Fsp3) is 0.238. The van der Waals surface area contributed by atoms with Crippen molar-refractivity contribution < 1.29 is 9.18 Å². The van der Waals surface area contributed by atoms with Crippen LogP contribution in [-0.2, 0) is 17.8 Å². The third-order valence-electron chi connectivity index (χ3n) is 4.27. The Morgan fingerprint density at radius 1 is 1.15 bits per heavy atom. The highest BCUT2D eigenvalue weighted by molar-refractivity contribution is 5.75. The van der Waals surface area contributed by atoms with Crippen molar-refractivity contribution in [2.75, 3.05) is 0 Å². The molecular weight excluding hydrogens is 329 g/mol. The zero-order valence-electron chi connectivity index (χ0n) is 14.8. The molecule has 1 amide bonds. The van der Waals surface area contributed by atoms with E-state index < -0.39 is 0 Å². The number of hydrogen-bond donors (Lipinski definition) is 1. The van der Waals surface area contributed by atoms with Gasteiger partial charge in [0.15, 0.2) is 0 Å². The number of nitrogens with one attached hydrogen (secondary N) is 1. The Morgan fingerprint density at radius 2 is 1.92 bits per heavy atom. The van der Waals surface area contributed by atoms with E-state index in [1.807, 2.05) is 6.07 Å². The summed E-state index contributed by atoms with van der Waals surface area (Å²) in [6, 6.07) is 13.3. The van der Waals surface area contributed by atoms with E-state index in [1.165, 1.54) is 17.2 Å². The summed E-state index contributed by atoms with van der Waals surface area (Å²) < 4.78 is 15.8. The van der Waals surface area contributed by atoms with E-state index in [9.17, 15) is 9.18 Å². The van der Waals surface area contributed by atoms with Gasteiger partial charge in [-0.3, -0.25) is 4.79 Å². The third kappa shape index (κ3) is 4.79. The largest absolute Gasteiger partial charge is 0.352 e. The first-order chi connectivity index (χ1) is 12.6. The molecule has 3 rings (SSSR count). The van der Waals surface area contributed by atoms with Gasteiger partial charge in [0, 0.05) is 25.4 Å². The number of benzene rings is 2. The van der Waals surface area contributed by atoms with Gasteiger partial charge < -0.3 is 9.88 Å². The van der Waals surface area contributed by atoms with Crippen LogP contribution in [0.3, 0.4) is 0 Å². The number of carbonyl (C=O) groups excluding carboxylic acids is 1. The summed E-state index contributed by atoms with van der Waals surface area (Å²) in [5, 5.41) is 2.85. The summed E-state index contributed by atoms with van der Waals surface area (Å²) in [4.78, 5) is 15.9.